The van der Waals surface area contributed by atoms with Crippen molar-refractivity contribution >= 4 is 27.2 Å². The van der Waals surface area contributed by atoms with Crippen LogP contribution in [-0.4, -0.2) is 99.8 Å². The first kappa shape index (κ1) is 31.4. The molecule has 5 atom stereocenters. The molecule has 2 aliphatic heterocycles. The van der Waals surface area contributed by atoms with Crippen molar-refractivity contribution in [2.24, 2.45) is 0 Å². The van der Waals surface area contributed by atoms with Gasteiger partial charge in [0.25, 0.3) is 0 Å². The first-order valence-electron chi connectivity index (χ1n) is 15.2. The van der Waals surface area contributed by atoms with Gasteiger partial charge in [0, 0.05) is 32.6 Å². The second-order valence-electron chi connectivity index (χ2n) is 11.4. The summed E-state index contributed by atoms with van der Waals surface area (Å²) in [5, 5.41) is 50.7. The van der Waals surface area contributed by atoms with Crippen LogP contribution in [0.1, 0.15) is 35.2 Å². The van der Waals surface area contributed by atoms with E-state index >= 15 is 0 Å². The van der Waals surface area contributed by atoms with E-state index in [9.17, 15) is 30.3 Å². The monoisotopic (exact) mass is 635 g/mol. The van der Waals surface area contributed by atoms with Gasteiger partial charge in [-0.3, -0.25) is 9.69 Å². The van der Waals surface area contributed by atoms with E-state index in [1.54, 1.807) is 54.6 Å². The number of aliphatic hydroxyl groups is 4. The molecule has 2 saturated heterocycles. The molecule has 11 heteroatoms. The van der Waals surface area contributed by atoms with E-state index in [0.717, 1.165) is 35.3 Å². The summed E-state index contributed by atoms with van der Waals surface area (Å²) in [5.41, 5.74) is 1.75. The van der Waals surface area contributed by atoms with Gasteiger partial charge in [-0.15, -0.1) is 11.3 Å². The number of phenols is 1. The van der Waals surface area contributed by atoms with Crippen molar-refractivity contribution in [3.05, 3.63) is 77.9 Å². The highest BCUT2D eigenvalue weighted by atomic mass is 32.1. The molecule has 4 aromatic rings. The smallest absolute Gasteiger partial charge is 0.229 e. The number of aliphatic hydroxyl groups excluding tert-OH is 4. The molecular formula is C34H37NO9S. The number of aromatic hydroxyl groups is 1. The van der Waals surface area contributed by atoms with Gasteiger partial charge in [-0.2, -0.15) is 0 Å². The fraction of sp³-hybridized carbons (Fsp3) is 0.382. The van der Waals surface area contributed by atoms with Gasteiger partial charge < -0.3 is 39.7 Å². The van der Waals surface area contributed by atoms with Crippen molar-refractivity contribution in [2.75, 3.05) is 32.8 Å². The van der Waals surface area contributed by atoms with E-state index in [1.807, 2.05) is 12.1 Å². The van der Waals surface area contributed by atoms with E-state index in [4.69, 9.17) is 14.2 Å². The van der Waals surface area contributed by atoms with E-state index in [0.29, 0.717) is 34.1 Å². The molecule has 3 heterocycles. The minimum Gasteiger partial charge on any atom is -0.508 e. The van der Waals surface area contributed by atoms with Gasteiger partial charge in [0.15, 0.2) is 5.78 Å². The van der Waals surface area contributed by atoms with Gasteiger partial charge >= 0.3 is 0 Å². The van der Waals surface area contributed by atoms with Gasteiger partial charge in [-0.05, 0) is 98.2 Å². The molecule has 5 unspecified atom stereocenters. The van der Waals surface area contributed by atoms with Crippen LogP contribution in [0.2, 0.25) is 0 Å². The number of likely N-dealkylation sites (tertiary alicyclic amines) is 1. The Morgan fingerprint density at radius 1 is 0.889 bits per heavy atom. The fourth-order valence-electron chi connectivity index (χ4n) is 5.82. The van der Waals surface area contributed by atoms with Crippen LogP contribution in [0.5, 0.6) is 17.2 Å². The lowest BCUT2D eigenvalue weighted by Gasteiger charge is -2.39. The Labute approximate surface area is 264 Å². The summed E-state index contributed by atoms with van der Waals surface area (Å²) >= 11 is 1.38. The molecule has 0 spiro atoms. The van der Waals surface area contributed by atoms with Crippen LogP contribution >= 0.6 is 11.3 Å². The van der Waals surface area contributed by atoms with Crippen molar-refractivity contribution in [1.82, 2.24) is 4.90 Å². The molecule has 0 bridgehead atoms. The number of thiophene rings is 1. The Morgan fingerprint density at radius 3 is 2.31 bits per heavy atom. The van der Waals surface area contributed by atoms with Crippen molar-refractivity contribution in [2.45, 2.75) is 50.0 Å². The topological polar surface area (TPSA) is 149 Å². The molecule has 238 valence electrons. The number of phenolic OH excluding ortho intramolecular Hbond substituents is 1. The van der Waals surface area contributed by atoms with Crippen LogP contribution in [0.25, 0.3) is 20.5 Å². The summed E-state index contributed by atoms with van der Waals surface area (Å²) in [6.45, 7) is 3.13. The average Bonchev–Trinajstić information content (AvgIpc) is 3.44. The van der Waals surface area contributed by atoms with Crippen molar-refractivity contribution in [3.8, 4) is 27.7 Å². The number of ketones is 1. The summed E-state index contributed by atoms with van der Waals surface area (Å²) in [4.78, 5) is 17.1. The molecule has 1 aromatic heterocycles. The number of hydrogen-bond acceptors (Lipinski definition) is 11. The lowest BCUT2D eigenvalue weighted by Crippen LogP contribution is -2.60. The van der Waals surface area contributed by atoms with Crippen LogP contribution in [-0.2, 0) is 4.74 Å². The SMILES string of the molecule is O=C(c1ccc(OCCN2CCCCC2)cc1)c1c(-c2ccc(OC3OC(CO)C(O)C(O)C3O)cc2)sc2cc(O)ccc12. The first-order chi connectivity index (χ1) is 21.8. The zero-order valence-corrected chi connectivity index (χ0v) is 25.4. The van der Waals surface area contributed by atoms with Crippen LogP contribution in [0.3, 0.4) is 0 Å². The van der Waals surface area contributed by atoms with Gasteiger partial charge in [0.05, 0.1) is 6.61 Å². The zero-order valence-electron chi connectivity index (χ0n) is 24.6. The number of nitrogens with zero attached hydrogens (tertiary/aromatic N) is 1. The summed E-state index contributed by atoms with van der Waals surface area (Å²) in [5.74, 6) is 0.955. The summed E-state index contributed by atoms with van der Waals surface area (Å²) in [7, 11) is 0. The van der Waals surface area contributed by atoms with Crippen molar-refractivity contribution in [3.63, 3.8) is 0 Å². The second-order valence-corrected chi connectivity index (χ2v) is 12.5. The van der Waals surface area contributed by atoms with E-state index < -0.39 is 37.3 Å². The predicted molar refractivity (Wildman–Crippen MR) is 169 cm³/mol. The maximum absolute atomic E-state index is 14.0. The number of hydrogen-bond donors (Lipinski definition) is 5. The minimum atomic E-state index is -1.55. The standard InChI is InChI=1S/C34H37NO9S/c36-19-26-30(39)31(40)32(41)34(44-26)43-24-11-6-21(7-12-24)33-28(25-13-8-22(37)18-27(25)45-33)29(38)20-4-9-23(10-5-20)42-17-16-35-14-2-1-3-15-35/h4-13,18,26,30-32,34,36-37,39-41H,1-3,14-17,19H2. The van der Waals surface area contributed by atoms with Crippen LogP contribution < -0.4 is 9.47 Å². The first-order valence-corrected chi connectivity index (χ1v) is 16.0. The Hall–Kier alpha value is -3.55. The van der Waals surface area contributed by atoms with E-state index in [-0.39, 0.29) is 11.5 Å². The number of ether oxygens (including phenoxy) is 3. The Morgan fingerprint density at radius 2 is 1.60 bits per heavy atom. The van der Waals surface area contributed by atoms with Gasteiger partial charge in [-0.1, -0.05) is 6.42 Å². The number of rotatable bonds is 10. The lowest BCUT2D eigenvalue weighted by molar-refractivity contribution is -0.277. The van der Waals surface area contributed by atoms with Crippen LogP contribution in [0.4, 0.5) is 0 Å². The Kier molecular flexibility index (Phi) is 9.67. The van der Waals surface area contributed by atoms with E-state index in [2.05, 4.69) is 4.90 Å². The molecule has 2 fully saturated rings. The third-order valence-corrected chi connectivity index (χ3v) is 9.56. The third-order valence-electron chi connectivity index (χ3n) is 8.36. The summed E-state index contributed by atoms with van der Waals surface area (Å²) < 4.78 is 17.9. The highest BCUT2D eigenvalue weighted by Gasteiger charge is 2.44. The number of carbonyl (C=O) groups is 1. The minimum absolute atomic E-state index is 0.101. The third kappa shape index (κ3) is 6.85. The number of piperidine rings is 1. The predicted octanol–water partition coefficient (Wildman–Crippen LogP) is 3.55. The number of benzene rings is 3. The molecule has 2 aliphatic rings. The Bertz CT molecular complexity index is 1600. The summed E-state index contributed by atoms with van der Waals surface area (Å²) in [6, 6.07) is 18.9. The van der Waals surface area contributed by atoms with Crippen LogP contribution in [0.15, 0.2) is 66.7 Å². The molecule has 0 saturated carbocycles. The van der Waals surface area contributed by atoms with Crippen molar-refractivity contribution < 1.29 is 44.5 Å². The average molecular weight is 636 g/mol. The normalized spacial score (nSPS) is 24.0. The second kappa shape index (κ2) is 13.8. The number of carbonyl (C=O) groups excluding carboxylic acids is 1. The maximum atomic E-state index is 14.0. The molecule has 6 rings (SSSR count). The molecular weight excluding hydrogens is 598 g/mol. The molecule has 3 aromatic carbocycles. The molecule has 0 aliphatic carbocycles. The maximum Gasteiger partial charge on any atom is 0.229 e. The highest BCUT2D eigenvalue weighted by molar-refractivity contribution is 7.22. The Balaban J connectivity index is 1.21. The van der Waals surface area contributed by atoms with Gasteiger partial charge in [0.2, 0.25) is 6.29 Å². The molecule has 5 N–H and O–H groups in total. The zero-order chi connectivity index (χ0) is 31.5. The van der Waals surface area contributed by atoms with Crippen LogP contribution in [0, 0.1) is 0 Å². The number of fused-ring (bicyclic) bond motifs is 1. The largest absolute Gasteiger partial charge is 0.508 e. The van der Waals surface area contributed by atoms with Gasteiger partial charge in [-0.25, -0.2) is 0 Å². The van der Waals surface area contributed by atoms with Crippen molar-refractivity contribution in [1.29, 1.82) is 0 Å². The summed E-state index contributed by atoms with van der Waals surface area (Å²) in [6.07, 6.45) is -3.21. The molecule has 10 nitrogen and oxygen atoms in total. The molecule has 0 radical (unpaired) electrons. The highest BCUT2D eigenvalue weighted by Crippen LogP contribution is 2.42. The quantitative estimate of drug-likeness (QED) is 0.164. The fourth-order valence-corrected chi connectivity index (χ4v) is 7.06. The lowest BCUT2D eigenvalue weighted by atomic mass is 9.97. The van der Waals surface area contributed by atoms with Gasteiger partial charge in [0.1, 0.15) is 48.3 Å². The molecule has 45 heavy (non-hydrogen) atoms. The molecule has 0 amide bonds. The van der Waals surface area contributed by atoms with E-state index in [1.165, 1.54) is 30.6 Å².